The van der Waals surface area contributed by atoms with Crippen LogP contribution in [0, 0.1) is 0 Å². The molecule has 1 aromatic rings. The summed E-state index contributed by atoms with van der Waals surface area (Å²) in [5.74, 6) is -0.950. The summed E-state index contributed by atoms with van der Waals surface area (Å²) >= 11 is 0. The van der Waals surface area contributed by atoms with Crippen molar-refractivity contribution in [2.24, 2.45) is 0 Å². The SMILES string of the molecule is Cl.O=C(O)/C=C/c1cccnc1. The molecule has 1 heterocycles. The highest BCUT2D eigenvalue weighted by Crippen LogP contribution is 1.97. The standard InChI is InChI=1S/C8H7NO2.ClH/c10-8(11)4-3-7-2-1-5-9-6-7;/h1-6H,(H,10,11);1H/b4-3+;. The lowest BCUT2D eigenvalue weighted by molar-refractivity contribution is -0.131. The van der Waals surface area contributed by atoms with Crippen LogP contribution in [0.4, 0.5) is 0 Å². The van der Waals surface area contributed by atoms with Gasteiger partial charge in [0.05, 0.1) is 0 Å². The fourth-order valence-electron chi connectivity index (χ4n) is 0.642. The lowest BCUT2D eigenvalue weighted by Crippen LogP contribution is -1.85. The third-order valence-corrected chi connectivity index (χ3v) is 1.10. The molecule has 64 valence electrons. The van der Waals surface area contributed by atoms with Gasteiger partial charge in [0.2, 0.25) is 0 Å². The van der Waals surface area contributed by atoms with Crippen LogP contribution in [-0.4, -0.2) is 16.1 Å². The predicted molar refractivity (Wildman–Crippen MR) is 48.2 cm³/mol. The molecule has 1 rings (SSSR count). The number of nitrogens with zero attached hydrogens (tertiary/aromatic N) is 1. The maximum atomic E-state index is 10.1. The van der Waals surface area contributed by atoms with Gasteiger partial charge in [-0.2, -0.15) is 0 Å². The molecule has 4 heteroatoms. The van der Waals surface area contributed by atoms with Gasteiger partial charge >= 0.3 is 5.97 Å². The molecule has 0 saturated carbocycles. The highest BCUT2D eigenvalue weighted by atomic mass is 35.5. The summed E-state index contributed by atoms with van der Waals surface area (Å²) in [6, 6.07) is 3.54. The lowest BCUT2D eigenvalue weighted by Gasteiger charge is -1.87. The van der Waals surface area contributed by atoms with Gasteiger partial charge in [-0.05, 0) is 17.7 Å². The molecule has 0 atom stereocenters. The van der Waals surface area contributed by atoms with Crippen molar-refractivity contribution >= 4 is 24.5 Å². The second-order valence-electron chi connectivity index (χ2n) is 1.96. The van der Waals surface area contributed by atoms with Crippen molar-refractivity contribution in [3.05, 3.63) is 36.2 Å². The number of hydrogen-bond acceptors (Lipinski definition) is 2. The zero-order valence-electron chi connectivity index (χ0n) is 6.18. The Hall–Kier alpha value is -1.35. The van der Waals surface area contributed by atoms with E-state index in [0.717, 1.165) is 11.6 Å². The molecule has 0 amide bonds. The summed E-state index contributed by atoms with van der Waals surface area (Å²) in [6.07, 6.45) is 5.81. The average Bonchev–Trinajstić information content (AvgIpc) is 2.03. The Balaban J connectivity index is 0.00000121. The molecule has 1 aromatic heterocycles. The largest absolute Gasteiger partial charge is 0.478 e. The summed E-state index contributed by atoms with van der Waals surface area (Å²) in [4.78, 5) is 13.9. The van der Waals surface area contributed by atoms with Crippen molar-refractivity contribution in [1.82, 2.24) is 4.98 Å². The van der Waals surface area contributed by atoms with Crippen LogP contribution in [0.1, 0.15) is 5.56 Å². The molecular weight excluding hydrogens is 178 g/mol. The van der Waals surface area contributed by atoms with E-state index >= 15 is 0 Å². The molecular formula is C8H8ClNO2. The van der Waals surface area contributed by atoms with Gasteiger partial charge in [0.1, 0.15) is 0 Å². The van der Waals surface area contributed by atoms with Gasteiger partial charge in [0.15, 0.2) is 0 Å². The van der Waals surface area contributed by atoms with Crippen molar-refractivity contribution in [3.8, 4) is 0 Å². The van der Waals surface area contributed by atoms with Gasteiger partial charge in [-0.15, -0.1) is 12.4 Å². The molecule has 0 saturated heterocycles. The number of aromatic nitrogens is 1. The molecule has 0 bridgehead atoms. The molecule has 0 aliphatic carbocycles. The number of aliphatic carboxylic acids is 1. The summed E-state index contributed by atoms with van der Waals surface area (Å²) in [7, 11) is 0. The van der Waals surface area contributed by atoms with E-state index in [1.807, 2.05) is 0 Å². The zero-order valence-corrected chi connectivity index (χ0v) is 6.99. The van der Waals surface area contributed by atoms with E-state index in [-0.39, 0.29) is 12.4 Å². The normalized spacial score (nSPS) is 9.33. The first kappa shape index (κ1) is 10.7. The first-order valence-electron chi connectivity index (χ1n) is 3.10. The van der Waals surface area contributed by atoms with Crippen molar-refractivity contribution in [2.75, 3.05) is 0 Å². The molecule has 0 fully saturated rings. The van der Waals surface area contributed by atoms with E-state index in [0.29, 0.717) is 0 Å². The Labute approximate surface area is 76.2 Å². The molecule has 0 radical (unpaired) electrons. The van der Waals surface area contributed by atoms with E-state index in [4.69, 9.17) is 5.11 Å². The Morgan fingerprint density at radius 2 is 2.33 bits per heavy atom. The average molecular weight is 186 g/mol. The maximum Gasteiger partial charge on any atom is 0.328 e. The second-order valence-corrected chi connectivity index (χ2v) is 1.96. The van der Waals surface area contributed by atoms with Crippen molar-refractivity contribution in [1.29, 1.82) is 0 Å². The summed E-state index contributed by atoms with van der Waals surface area (Å²) in [6.45, 7) is 0. The van der Waals surface area contributed by atoms with Crippen LogP contribution in [0.25, 0.3) is 6.08 Å². The van der Waals surface area contributed by atoms with Crippen molar-refractivity contribution < 1.29 is 9.90 Å². The molecule has 0 unspecified atom stereocenters. The van der Waals surface area contributed by atoms with Crippen LogP contribution in [0.15, 0.2) is 30.6 Å². The van der Waals surface area contributed by atoms with Gasteiger partial charge in [-0.25, -0.2) is 4.79 Å². The number of carboxylic acid groups (broad SMARTS) is 1. The highest BCUT2D eigenvalue weighted by molar-refractivity contribution is 5.85. The highest BCUT2D eigenvalue weighted by Gasteiger charge is 1.86. The fraction of sp³-hybridized carbons (Fsp3) is 0. The van der Waals surface area contributed by atoms with Crippen LogP contribution in [0.5, 0.6) is 0 Å². The smallest absolute Gasteiger partial charge is 0.328 e. The number of halogens is 1. The topological polar surface area (TPSA) is 50.2 Å². The van der Waals surface area contributed by atoms with E-state index in [1.165, 1.54) is 6.08 Å². The van der Waals surface area contributed by atoms with Crippen molar-refractivity contribution in [2.45, 2.75) is 0 Å². The zero-order chi connectivity index (χ0) is 8.10. The summed E-state index contributed by atoms with van der Waals surface area (Å²) in [5, 5.41) is 8.27. The van der Waals surface area contributed by atoms with Crippen LogP contribution in [0.3, 0.4) is 0 Å². The van der Waals surface area contributed by atoms with Crippen LogP contribution >= 0.6 is 12.4 Å². The second kappa shape index (κ2) is 5.32. The number of carbonyl (C=O) groups is 1. The Bertz CT molecular complexity index is 272. The minimum atomic E-state index is -0.950. The molecule has 0 aliphatic rings. The van der Waals surface area contributed by atoms with Gasteiger partial charge in [0, 0.05) is 18.5 Å². The molecule has 0 aromatic carbocycles. The van der Waals surface area contributed by atoms with Gasteiger partial charge in [-0.1, -0.05) is 6.07 Å². The first-order valence-corrected chi connectivity index (χ1v) is 3.10. The van der Waals surface area contributed by atoms with E-state index in [1.54, 1.807) is 24.5 Å². The van der Waals surface area contributed by atoms with Gasteiger partial charge in [-0.3, -0.25) is 4.98 Å². The summed E-state index contributed by atoms with van der Waals surface area (Å²) in [5.41, 5.74) is 0.787. The summed E-state index contributed by atoms with van der Waals surface area (Å²) < 4.78 is 0. The van der Waals surface area contributed by atoms with E-state index in [2.05, 4.69) is 4.98 Å². The third kappa shape index (κ3) is 3.73. The molecule has 1 N–H and O–H groups in total. The molecule has 12 heavy (non-hydrogen) atoms. The fourth-order valence-corrected chi connectivity index (χ4v) is 0.642. The Morgan fingerprint density at radius 3 is 2.83 bits per heavy atom. The van der Waals surface area contributed by atoms with Crippen LogP contribution < -0.4 is 0 Å². The quantitative estimate of drug-likeness (QED) is 0.713. The molecule has 3 nitrogen and oxygen atoms in total. The van der Waals surface area contributed by atoms with Crippen LogP contribution in [-0.2, 0) is 4.79 Å². The first-order chi connectivity index (χ1) is 5.29. The van der Waals surface area contributed by atoms with E-state index < -0.39 is 5.97 Å². The van der Waals surface area contributed by atoms with Gasteiger partial charge < -0.3 is 5.11 Å². The predicted octanol–water partition coefficient (Wildman–Crippen LogP) is 1.60. The monoisotopic (exact) mass is 185 g/mol. The number of hydrogen-bond donors (Lipinski definition) is 1. The lowest BCUT2D eigenvalue weighted by atomic mass is 10.3. The van der Waals surface area contributed by atoms with Crippen molar-refractivity contribution in [3.63, 3.8) is 0 Å². The number of pyridine rings is 1. The Morgan fingerprint density at radius 1 is 1.58 bits per heavy atom. The minimum Gasteiger partial charge on any atom is -0.478 e. The molecule has 0 aliphatic heterocycles. The Kier molecular flexibility index (Phi) is 4.72. The van der Waals surface area contributed by atoms with E-state index in [9.17, 15) is 4.79 Å². The minimum absolute atomic E-state index is 0. The molecule has 0 spiro atoms. The number of rotatable bonds is 2. The maximum absolute atomic E-state index is 10.1. The number of carboxylic acids is 1. The van der Waals surface area contributed by atoms with Crippen LogP contribution in [0.2, 0.25) is 0 Å². The van der Waals surface area contributed by atoms with Gasteiger partial charge in [0.25, 0.3) is 0 Å². The third-order valence-electron chi connectivity index (χ3n) is 1.10.